The van der Waals surface area contributed by atoms with Crippen LogP contribution in [0.3, 0.4) is 0 Å². The Morgan fingerprint density at radius 3 is 2.71 bits per heavy atom. The molecular formula is C13H23B. The molecule has 0 nitrogen and oxygen atoms in total. The maximum atomic E-state index is 2.51. The minimum atomic E-state index is 0.694. The fourth-order valence-corrected chi connectivity index (χ4v) is 3.29. The largest absolute Gasteiger partial charge is 0.135 e. The lowest BCUT2D eigenvalue weighted by Crippen LogP contribution is -2.17. The van der Waals surface area contributed by atoms with Gasteiger partial charge in [-0.15, -0.1) is 0 Å². The van der Waals surface area contributed by atoms with Gasteiger partial charge < -0.3 is 0 Å². The van der Waals surface area contributed by atoms with Crippen molar-refractivity contribution in [3.8, 4) is 0 Å². The van der Waals surface area contributed by atoms with Gasteiger partial charge in [-0.3, -0.25) is 0 Å². The van der Waals surface area contributed by atoms with E-state index in [-0.39, 0.29) is 0 Å². The molecule has 0 aliphatic heterocycles. The highest BCUT2D eigenvalue weighted by Crippen LogP contribution is 2.46. The molecule has 0 aromatic carbocycles. The number of allylic oxidation sites excluding steroid dienone is 2. The SMILES string of the molecule is CC1(BC2C=CCCCC2)CCCC1. The van der Waals surface area contributed by atoms with Crippen LogP contribution < -0.4 is 0 Å². The van der Waals surface area contributed by atoms with Crippen LogP contribution in [0.2, 0.25) is 11.1 Å². The highest BCUT2D eigenvalue weighted by Gasteiger charge is 2.31. The summed E-state index contributed by atoms with van der Waals surface area (Å²) in [6.07, 6.45) is 16.5. The third kappa shape index (κ3) is 2.65. The van der Waals surface area contributed by atoms with Gasteiger partial charge in [-0.25, -0.2) is 0 Å². The Morgan fingerprint density at radius 1 is 1.14 bits per heavy atom. The summed E-state index contributed by atoms with van der Waals surface area (Å²) in [6.45, 7) is 2.51. The van der Waals surface area contributed by atoms with Gasteiger partial charge in [0, 0.05) is 0 Å². The van der Waals surface area contributed by atoms with Gasteiger partial charge in [0.15, 0.2) is 0 Å². The lowest BCUT2D eigenvalue weighted by Gasteiger charge is -2.25. The summed E-state index contributed by atoms with van der Waals surface area (Å²) in [7, 11) is 1.46. The molecule has 78 valence electrons. The zero-order valence-corrected chi connectivity index (χ0v) is 9.60. The Morgan fingerprint density at radius 2 is 1.93 bits per heavy atom. The van der Waals surface area contributed by atoms with E-state index in [1.165, 1.54) is 58.6 Å². The molecule has 2 aliphatic rings. The second kappa shape index (κ2) is 4.55. The van der Waals surface area contributed by atoms with Crippen molar-refractivity contribution in [1.82, 2.24) is 0 Å². The molecule has 2 rings (SSSR count). The Kier molecular flexibility index (Phi) is 3.36. The number of rotatable bonds is 2. The van der Waals surface area contributed by atoms with Crippen LogP contribution >= 0.6 is 0 Å². The van der Waals surface area contributed by atoms with E-state index >= 15 is 0 Å². The van der Waals surface area contributed by atoms with Crippen molar-refractivity contribution in [3.05, 3.63) is 12.2 Å². The summed E-state index contributed by atoms with van der Waals surface area (Å²) in [4.78, 5) is 0. The minimum absolute atomic E-state index is 0.694. The number of hydrogen-bond donors (Lipinski definition) is 0. The van der Waals surface area contributed by atoms with Crippen LogP contribution in [-0.2, 0) is 0 Å². The van der Waals surface area contributed by atoms with Crippen LogP contribution in [-0.4, -0.2) is 7.28 Å². The van der Waals surface area contributed by atoms with Crippen LogP contribution in [0.4, 0.5) is 0 Å². The molecule has 1 saturated carbocycles. The molecule has 0 heterocycles. The molecular weight excluding hydrogens is 167 g/mol. The minimum Gasteiger partial charge on any atom is -0.0930 e. The molecule has 0 N–H and O–H groups in total. The van der Waals surface area contributed by atoms with E-state index < -0.39 is 0 Å². The van der Waals surface area contributed by atoms with E-state index in [2.05, 4.69) is 19.1 Å². The van der Waals surface area contributed by atoms with Crippen molar-refractivity contribution < 1.29 is 0 Å². The lowest BCUT2D eigenvalue weighted by molar-refractivity contribution is 0.612. The van der Waals surface area contributed by atoms with Crippen molar-refractivity contribution >= 4 is 7.28 Å². The van der Waals surface area contributed by atoms with Crippen LogP contribution in [0, 0.1) is 0 Å². The predicted octanol–water partition coefficient (Wildman–Crippen LogP) is 4.09. The number of hydrogen-bond acceptors (Lipinski definition) is 0. The molecule has 0 amide bonds. The van der Waals surface area contributed by atoms with E-state index in [1.807, 2.05) is 0 Å². The van der Waals surface area contributed by atoms with Crippen molar-refractivity contribution in [1.29, 1.82) is 0 Å². The first-order chi connectivity index (χ1) is 6.79. The lowest BCUT2D eigenvalue weighted by atomic mass is 9.45. The maximum Gasteiger partial charge on any atom is 0.135 e. The molecule has 0 saturated heterocycles. The Labute approximate surface area is 89.4 Å². The predicted molar refractivity (Wildman–Crippen MR) is 65.3 cm³/mol. The zero-order chi connectivity index (χ0) is 9.86. The summed E-state index contributed by atoms with van der Waals surface area (Å²) in [6, 6.07) is 0. The van der Waals surface area contributed by atoms with E-state index in [4.69, 9.17) is 0 Å². The molecule has 1 fully saturated rings. The van der Waals surface area contributed by atoms with Crippen molar-refractivity contribution in [3.63, 3.8) is 0 Å². The molecule has 1 heteroatoms. The Bertz CT molecular complexity index is 201. The third-order valence-electron chi connectivity index (χ3n) is 4.17. The van der Waals surface area contributed by atoms with Crippen LogP contribution in [0.5, 0.6) is 0 Å². The van der Waals surface area contributed by atoms with Gasteiger partial charge in [0.2, 0.25) is 0 Å². The fourth-order valence-electron chi connectivity index (χ4n) is 3.29. The average molecular weight is 190 g/mol. The summed E-state index contributed by atoms with van der Waals surface area (Å²) < 4.78 is 0. The van der Waals surface area contributed by atoms with Crippen LogP contribution in [0.25, 0.3) is 0 Å². The molecule has 0 radical (unpaired) electrons. The monoisotopic (exact) mass is 190 g/mol. The summed E-state index contributed by atoms with van der Waals surface area (Å²) in [5, 5.41) is 0.694. The molecule has 0 bridgehead atoms. The van der Waals surface area contributed by atoms with Gasteiger partial charge in [-0.05, 0) is 18.7 Å². The fraction of sp³-hybridized carbons (Fsp3) is 0.846. The standard InChI is InChI=1S/C13H23B/c1-13(10-6-7-11-13)14-12-8-4-2-3-5-9-12/h4,8,12,14H,2-3,5-7,9-11H2,1H3. The van der Waals surface area contributed by atoms with E-state index in [9.17, 15) is 0 Å². The smallest absolute Gasteiger partial charge is 0.0930 e. The first-order valence-electron chi connectivity index (χ1n) is 6.45. The molecule has 14 heavy (non-hydrogen) atoms. The Balaban J connectivity index is 1.88. The van der Waals surface area contributed by atoms with Crippen LogP contribution in [0.1, 0.15) is 58.3 Å². The topological polar surface area (TPSA) is 0 Å². The summed E-state index contributed by atoms with van der Waals surface area (Å²) in [5.41, 5.74) is 0. The van der Waals surface area contributed by atoms with Gasteiger partial charge in [-0.2, -0.15) is 0 Å². The molecule has 0 aromatic rings. The second-order valence-corrected chi connectivity index (χ2v) is 5.69. The van der Waals surface area contributed by atoms with Crippen molar-refractivity contribution in [2.45, 2.75) is 69.4 Å². The molecule has 0 spiro atoms. The first kappa shape index (κ1) is 10.3. The van der Waals surface area contributed by atoms with Gasteiger partial charge in [0.1, 0.15) is 7.28 Å². The van der Waals surface area contributed by atoms with Gasteiger partial charge in [0.05, 0.1) is 0 Å². The van der Waals surface area contributed by atoms with E-state index in [1.54, 1.807) is 0 Å². The maximum absolute atomic E-state index is 2.51. The molecule has 0 aromatic heterocycles. The molecule has 1 unspecified atom stereocenters. The molecule has 2 aliphatic carbocycles. The van der Waals surface area contributed by atoms with E-state index in [0.29, 0.717) is 5.31 Å². The second-order valence-electron chi connectivity index (χ2n) is 5.69. The van der Waals surface area contributed by atoms with E-state index in [0.717, 1.165) is 5.82 Å². The van der Waals surface area contributed by atoms with Gasteiger partial charge in [-0.1, -0.05) is 62.9 Å². The molecule has 1 atom stereocenters. The van der Waals surface area contributed by atoms with Gasteiger partial charge in [0.25, 0.3) is 0 Å². The van der Waals surface area contributed by atoms with Crippen molar-refractivity contribution in [2.24, 2.45) is 0 Å². The quantitative estimate of drug-likeness (QED) is 0.454. The first-order valence-corrected chi connectivity index (χ1v) is 6.45. The van der Waals surface area contributed by atoms with Crippen molar-refractivity contribution in [2.75, 3.05) is 0 Å². The Hall–Kier alpha value is -0.195. The normalized spacial score (nSPS) is 31.4. The highest BCUT2D eigenvalue weighted by molar-refractivity contribution is 6.42. The zero-order valence-electron chi connectivity index (χ0n) is 9.60. The third-order valence-corrected chi connectivity index (χ3v) is 4.17. The summed E-state index contributed by atoms with van der Waals surface area (Å²) >= 11 is 0. The highest BCUT2D eigenvalue weighted by atomic mass is 14.3. The van der Waals surface area contributed by atoms with Crippen LogP contribution in [0.15, 0.2) is 12.2 Å². The summed E-state index contributed by atoms with van der Waals surface area (Å²) in [5.74, 6) is 0.903. The average Bonchev–Trinajstić information content (AvgIpc) is 2.43. The van der Waals surface area contributed by atoms with Gasteiger partial charge >= 0.3 is 0 Å².